The average molecular weight is 345 g/mol. The molecular formula is C17H19N3O3S. The van der Waals surface area contributed by atoms with E-state index in [0.717, 1.165) is 16.8 Å². The highest BCUT2D eigenvalue weighted by molar-refractivity contribution is 7.80. The van der Waals surface area contributed by atoms with Gasteiger partial charge in [-0.05, 0) is 50.7 Å². The number of hydrogen-bond acceptors (Lipinski definition) is 4. The van der Waals surface area contributed by atoms with E-state index < -0.39 is 5.97 Å². The predicted octanol–water partition coefficient (Wildman–Crippen LogP) is 3.24. The second kappa shape index (κ2) is 7.74. The summed E-state index contributed by atoms with van der Waals surface area (Å²) in [6.07, 6.45) is 0. The number of furan rings is 1. The van der Waals surface area contributed by atoms with Gasteiger partial charge in [0, 0.05) is 11.6 Å². The van der Waals surface area contributed by atoms with E-state index in [1.165, 1.54) is 6.07 Å². The van der Waals surface area contributed by atoms with Gasteiger partial charge in [0.1, 0.15) is 5.76 Å². The number of hydrogen-bond donors (Lipinski definition) is 3. The van der Waals surface area contributed by atoms with Crippen LogP contribution >= 0.6 is 12.2 Å². The third-order valence-corrected chi connectivity index (χ3v) is 3.36. The Morgan fingerprint density at radius 2 is 1.88 bits per heavy atom. The van der Waals surface area contributed by atoms with E-state index in [1.807, 2.05) is 45.0 Å². The lowest BCUT2D eigenvalue weighted by atomic mass is 10.1. The van der Waals surface area contributed by atoms with Crippen molar-refractivity contribution in [2.75, 3.05) is 0 Å². The van der Waals surface area contributed by atoms with E-state index in [1.54, 1.807) is 6.07 Å². The monoisotopic (exact) mass is 345 g/mol. The average Bonchev–Trinajstić information content (AvgIpc) is 3.02. The van der Waals surface area contributed by atoms with Crippen LogP contribution in [0.5, 0.6) is 0 Å². The van der Waals surface area contributed by atoms with Crippen molar-refractivity contribution in [2.45, 2.75) is 26.8 Å². The van der Waals surface area contributed by atoms with Crippen LogP contribution in [0.4, 0.5) is 0 Å². The van der Waals surface area contributed by atoms with E-state index >= 15 is 0 Å². The van der Waals surface area contributed by atoms with Gasteiger partial charge >= 0.3 is 5.97 Å². The first kappa shape index (κ1) is 17.7. The Balaban J connectivity index is 2.07. The second-order valence-corrected chi connectivity index (χ2v) is 5.89. The van der Waals surface area contributed by atoms with E-state index in [2.05, 4.69) is 15.8 Å². The van der Waals surface area contributed by atoms with Crippen LogP contribution in [0.25, 0.3) is 11.3 Å². The number of thiocarbonyl (C=S) groups is 1. The Morgan fingerprint density at radius 1 is 1.21 bits per heavy atom. The van der Waals surface area contributed by atoms with Gasteiger partial charge in [-0.1, -0.05) is 24.3 Å². The molecule has 126 valence electrons. The highest BCUT2D eigenvalue weighted by Crippen LogP contribution is 2.22. The van der Waals surface area contributed by atoms with Crippen molar-refractivity contribution in [3.63, 3.8) is 0 Å². The number of nitrogens with zero attached hydrogens (tertiary/aromatic N) is 1. The molecule has 1 heterocycles. The number of carboxylic acid groups (broad SMARTS) is 1. The van der Waals surface area contributed by atoms with Crippen LogP contribution in [-0.4, -0.2) is 27.9 Å². The van der Waals surface area contributed by atoms with Gasteiger partial charge in [-0.15, -0.1) is 0 Å². The van der Waals surface area contributed by atoms with Crippen molar-refractivity contribution in [3.05, 3.63) is 47.7 Å². The minimum Gasteiger partial charge on any atom is -0.475 e. The Hall–Kier alpha value is -2.67. The van der Waals surface area contributed by atoms with Gasteiger partial charge in [0.15, 0.2) is 5.11 Å². The summed E-state index contributed by atoms with van der Waals surface area (Å²) in [6, 6.07) is 10.8. The maximum Gasteiger partial charge on any atom is 0.371 e. The minimum atomic E-state index is -1.09. The molecule has 2 rings (SSSR count). The van der Waals surface area contributed by atoms with Crippen LogP contribution in [0, 0.1) is 0 Å². The zero-order chi connectivity index (χ0) is 17.7. The molecule has 0 saturated carbocycles. The molecule has 0 aliphatic carbocycles. The summed E-state index contributed by atoms with van der Waals surface area (Å²) < 4.78 is 5.28. The molecule has 6 nitrogen and oxygen atoms in total. The van der Waals surface area contributed by atoms with Gasteiger partial charge in [0.05, 0.1) is 5.71 Å². The third-order valence-electron chi connectivity index (χ3n) is 3.15. The Bertz CT molecular complexity index is 764. The first-order valence-electron chi connectivity index (χ1n) is 7.41. The summed E-state index contributed by atoms with van der Waals surface area (Å²) in [5.74, 6) is -0.658. The predicted molar refractivity (Wildman–Crippen MR) is 97.3 cm³/mol. The van der Waals surface area contributed by atoms with Crippen LogP contribution in [-0.2, 0) is 0 Å². The summed E-state index contributed by atoms with van der Waals surface area (Å²) in [4.78, 5) is 10.9. The van der Waals surface area contributed by atoms with Gasteiger partial charge in [0.25, 0.3) is 0 Å². The fourth-order valence-electron chi connectivity index (χ4n) is 1.98. The molecule has 1 aromatic heterocycles. The highest BCUT2D eigenvalue weighted by Gasteiger charge is 2.10. The molecule has 3 N–H and O–H groups in total. The van der Waals surface area contributed by atoms with E-state index in [0.29, 0.717) is 10.9 Å². The van der Waals surface area contributed by atoms with Crippen molar-refractivity contribution in [3.8, 4) is 11.3 Å². The van der Waals surface area contributed by atoms with Crippen LogP contribution in [0.15, 0.2) is 45.9 Å². The van der Waals surface area contributed by atoms with Crippen molar-refractivity contribution in [2.24, 2.45) is 5.10 Å². The summed E-state index contributed by atoms with van der Waals surface area (Å²) in [6.45, 7) is 5.86. The van der Waals surface area contributed by atoms with Crippen LogP contribution in [0.3, 0.4) is 0 Å². The molecule has 0 atom stereocenters. The first-order valence-corrected chi connectivity index (χ1v) is 7.82. The summed E-state index contributed by atoms with van der Waals surface area (Å²) in [5.41, 5.74) is 5.29. The number of benzene rings is 1. The normalized spacial score (nSPS) is 11.4. The topological polar surface area (TPSA) is 86.9 Å². The lowest BCUT2D eigenvalue weighted by molar-refractivity contribution is 0.0663. The fourth-order valence-corrected chi connectivity index (χ4v) is 2.26. The smallest absolute Gasteiger partial charge is 0.371 e. The maximum atomic E-state index is 10.9. The molecule has 24 heavy (non-hydrogen) atoms. The molecule has 7 heteroatoms. The summed E-state index contributed by atoms with van der Waals surface area (Å²) in [5, 5.41) is 16.6. The Morgan fingerprint density at radius 3 is 2.42 bits per heavy atom. The molecule has 0 amide bonds. The quantitative estimate of drug-likeness (QED) is 0.438. The second-order valence-electron chi connectivity index (χ2n) is 5.48. The number of rotatable bonds is 5. The molecule has 0 bridgehead atoms. The lowest BCUT2D eigenvalue weighted by Gasteiger charge is -2.10. The van der Waals surface area contributed by atoms with Gasteiger partial charge in [0.2, 0.25) is 5.76 Å². The molecule has 1 aromatic carbocycles. The number of nitrogens with one attached hydrogen (secondary N) is 2. The Labute approximate surface area is 145 Å². The highest BCUT2D eigenvalue weighted by atomic mass is 32.1. The van der Waals surface area contributed by atoms with Gasteiger partial charge in [-0.2, -0.15) is 5.10 Å². The van der Waals surface area contributed by atoms with Crippen molar-refractivity contribution in [1.82, 2.24) is 10.7 Å². The molecule has 0 radical (unpaired) electrons. The molecular weight excluding hydrogens is 326 g/mol. The molecule has 0 aliphatic heterocycles. The molecule has 2 aromatic rings. The molecule has 0 saturated heterocycles. The summed E-state index contributed by atoms with van der Waals surface area (Å²) in [7, 11) is 0. The van der Waals surface area contributed by atoms with E-state index in [9.17, 15) is 4.79 Å². The maximum absolute atomic E-state index is 10.9. The first-order chi connectivity index (χ1) is 11.4. The molecule has 0 unspecified atom stereocenters. The minimum absolute atomic E-state index is 0.0813. The lowest BCUT2D eigenvalue weighted by Crippen LogP contribution is -2.37. The van der Waals surface area contributed by atoms with Gasteiger partial charge in [-0.3, -0.25) is 5.43 Å². The third kappa shape index (κ3) is 4.66. The molecule has 0 spiro atoms. The summed E-state index contributed by atoms with van der Waals surface area (Å²) >= 11 is 5.12. The van der Waals surface area contributed by atoms with Gasteiger partial charge < -0.3 is 14.8 Å². The van der Waals surface area contributed by atoms with Crippen molar-refractivity contribution >= 4 is 29.0 Å². The number of carboxylic acids is 1. The van der Waals surface area contributed by atoms with E-state index in [4.69, 9.17) is 21.7 Å². The largest absolute Gasteiger partial charge is 0.475 e. The van der Waals surface area contributed by atoms with Crippen LogP contribution in [0.2, 0.25) is 0 Å². The van der Waals surface area contributed by atoms with Crippen LogP contribution < -0.4 is 10.7 Å². The zero-order valence-corrected chi connectivity index (χ0v) is 14.5. The SMILES string of the molecule is C/C(=N/NC(=S)NC(C)C)c1ccc(-c2ccc(C(=O)O)o2)cc1. The molecule has 0 aliphatic rings. The van der Waals surface area contributed by atoms with Crippen molar-refractivity contribution in [1.29, 1.82) is 0 Å². The number of aromatic carboxylic acids is 1. The van der Waals surface area contributed by atoms with Crippen molar-refractivity contribution < 1.29 is 14.3 Å². The van der Waals surface area contributed by atoms with E-state index in [-0.39, 0.29) is 11.8 Å². The number of hydrazone groups is 1. The fraction of sp³-hybridized carbons (Fsp3) is 0.235. The van der Waals surface area contributed by atoms with Crippen LogP contribution in [0.1, 0.15) is 36.9 Å². The molecule has 0 fully saturated rings. The standard InChI is InChI=1S/C17H19N3O3S/c1-10(2)18-17(24)20-19-11(3)12-4-6-13(7-5-12)14-8-9-15(23-14)16(21)22/h4-10H,1-3H3,(H,21,22)(H2,18,20,24)/b19-11-. The zero-order valence-electron chi connectivity index (χ0n) is 13.7. The Kier molecular flexibility index (Phi) is 5.70. The van der Waals surface area contributed by atoms with Gasteiger partial charge in [-0.25, -0.2) is 4.79 Å². The number of carbonyl (C=O) groups is 1.